The number of aryl methyl sites for hydroxylation is 1. The maximum atomic E-state index is 3.35. The zero-order valence-electron chi connectivity index (χ0n) is 10.9. The topological polar surface area (TPSA) is 12.0 Å². The van der Waals surface area contributed by atoms with Gasteiger partial charge in [-0.2, -0.15) is 0 Å². The summed E-state index contributed by atoms with van der Waals surface area (Å²) >= 11 is 1.65. The minimum atomic E-state index is 1.07. The summed E-state index contributed by atoms with van der Waals surface area (Å²) in [5.74, 6) is 0. The summed E-state index contributed by atoms with van der Waals surface area (Å²) < 4.78 is 3.35. The summed E-state index contributed by atoms with van der Waals surface area (Å²) in [6.45, 7) is 6.38. The van der Waals surface area contributed by atoms with Crippen molar-refractivity contribution in [3.63, 3.8) is 0 Å². The third kappa shape index (κ3) is 5.14. The quantitative estimate of drug-likeness (QED) is 0.549. The van der Waals surface area contributed by atoms with Crippen molar-refractivity contribution in [2.45, 2.75) is 33.6 Å². The monoisotopic (exact) mass is 247 g/mol. The van der Waals surface area contributed by atoms with Crippen LogP contribution in [0.2, 0.25) is 0 Å². The second kappa shape index (κ2) is 8.02. The van der Waals surface area contributed by atoms with Gasteiger partial charge >= 0.3 is 0 Å². The van der Waals surface area contributed by atoms with Gasteiger partial charge in [-0.05, 0) is 49.4 Å². The number of benzene rings is 1. The molecule has 0 unspecified atom stereocenters. The van der Waals surface area contributed by atoms with E-state index in [0.717, 1.165) is 18.5 Å². The van der Waals surface area contributed by atoms with E-state index < -0.39 is 0 Å². The molecule has 1 aromatic carbocycles. The molecule has 0 amide bonds. The minimum Gasteiger partial charge on any atom is -0.326 e. The van der Waals surface area contributed by atoms with Crippen molar-refractivity contribution in [3.05, 3.63) is 53.0 Å². The maximum Gasteiger partial charge on any atom is 0.0443 e. The number of rotatable bonds is 6. The highest BCUT2D eigenvalue weighted by molar-refractivity contribution is 8.04. The van der Waals surface area contributed by atoms with E-state index in [1.54, 1.807) is 11.9 Å². The number of hydrogen-bond acceptors (Lipinski definition) is 2. The molecule has 0 saturated carbocycles. The minimum absolute atomic E-state index is 1.07. The van der Waals surface area contributed by atoms with Crippen molar-refractivity contribution in [2.75, 3.05) is 4.72 Å². The maximum absolute atomic E-state index is 3.35. The van der Waals surface area contributed by atoms with Gasteiger partial charge in [0.2, 0.25) is 0 Å². The van der Waals surface area contributed by atoms with Crippen LogP contribution in [0.1, 0.15) is 32.8 Å². The molecule has 1 N–H and O–H groups in total. The highest BCUT2D eigenvalue weighted by Crippen LogP contribution is 2.21. The molecule has 2 heteroatoms. The summed E-state index contributed by atoms with van der Waals surface area (Å²) in [5.41, 5.74) is 2.52. The molecule has 1 nitrogen and oxygen atoms in total. The van der Waals surface area contributed by atoms with Crippen molar-refractivity contribution in [3.8, 4) is 0 Å². The standard InChI is InChI=1S/C15H21NS/c1-4-7-8-15(6-3)17-16-14-11-9-13(5-2)10-12-14/h6-12,16H,4-5H2,1-3H3/b8-7-,15-6+. The van der Waals surface area contributed by atoms with E-state index in [4.69, 9.17) is 0 Å². The van der Waals surface area contributed by atoms with Gasteiger partial charge in [-0.1, -0.05) is 44.2 Å². The Bertz CT molecular complexity index is 376. The summed E-state index contributed by atoms with van der Waals surface area (Å²) in [6.07, 6.45) is 8.60. The van der Waals surface area contributed by atoms with Crippen LogP contribution in [0.4, 0.5) is 5.69 Å². The van der Waals surface area contributed by atoms with Gasteiger partial charge in [0.1, 0.15) is 0 Å². The summed E-state index contributed by atoms with van der Waals surface area (Å²) in [4.78, 5) is 1.24. The molecule has 0 saturated heterocycles. The van der Waals surface area contributed by atoms with Crippen molar-refractivity contribution in [2.24, 2.45) is 0 Å². The van der Waals surface area contributed by atoms with Crippen molar-refractivity contribution < 1.29 is 0 Å². The van der Waals surface area contributed by atoms with E-state index in [1.807, 2.05) is 0 Å². The first-order chi connectivity index (χ1) is 8.30. The Morgan fingerprint density at radius 1 is 1.24 bits per heavy atom. The Balaban J connectivity index is 2.51. The summed E-state index contributed by atoms with van der Waals surface area (Å²) in [5, 5.41) is 0. The number of hydrogen-bond donors (Lipinski definition) is 1. The van der Waals surface area contributed by atoms with E-state index in [9.17, 15) is 0 Å². The van der Waals surface area contributed by atoms with E-state index >= 15 is 0 Å². The van der Waals surface area contributed by atoms with Gasteiger partial charge in [-0.15, -0.1) is 0 Å². The smallest absolute Gasteiger partial charge is 0.0443 e. The molecular weight excluding hydrogens is 226 g/mol. The van der Waals surface area contributed by atoms with Crippen LogP contribution in [0.5, 0.6) is 0 Å². The summed E-state index contributed by atoms with van der Waals surface area (Å²) in [7, 11) is 0. The van der Waals surface area contributed by atoms with Crippen LogP contribution in [0.25, 0.3) is 0 Å². The van der Waals surface area contributed by atoms with Crippen LogP contribution in [0.3, 0.4) is 0 Å². The largest absolute Gasteiger partial charge is 0.326 e. The fourth-order valence-corrected chi connectivity index (χ4v) is 2.00. The van der Waals surface area contributed by atoms with E-state index in [1.165, 1.54) is 10.5 Å². The number of allylic oxidation sites excluding steroid dienone is 3. The fraction of sp³-hybridized carbons (Fsp3) is 0.333. The van der Waals surface area contributed by atoms with Gasteiger partial charge in [-0.25, -0.2) is 0 Å². The van der Waals surface area contributed by atoms with Crippen LogP contribution in [0, 0.1) is 0 Å². The van der Waals surface area contributed by atoms with Gasteiger partial charge in [0.15, 0.2) is 0 Å². The molecule has 17 heavy (non-hydrogen) atoms. The van der Waals surface area contributed by atoms with Crippen LogP contribution in [0.15, 0.2) is 47.4 Å². The van der Waals surface area contributed by atoms with Gasteiger partial charge < -0.3 is 4.72 Å². The predicted molar refractivity (Wildman–Crippen MR) is 80.2 cm³/mol. The first kappa shape index (κ1) is 13.9. The average molecular weight is 247 g/mol. The van der Waals surface area contributed by atoms with Crippen molar-refractivity contribution >= 4 is 17.6 Å². The zero-order chi connectivity index (χ0) is 12.5. The molecule has 0 radical (unpaired) electrons. The molecule has 1 aromatic rings. The van der Waals surface area contributed by atoms with Gasteiger partial charge in [0, 0.05) is 10.6 Å². The van der Waals surface area contributed by atoms with Gasteiger partial charge in [0.25, 0.3) is 0 Å². The molecule has 0 bridgehead atoms. The molecule has 1 rings (SSSR count). The number of nitrogens with one attached hydrogen (secondary N) is 1. The molecule has 0 heterocycles. The second-order valence-corrected chi connectivity index (χ2v) is 4.64. The molecule has 92 valence electrons. The third-order valence-electron chi connectivity index (χ3n) is 2.45. The Labute approximate surface area is 109 Å². The Morgan fingerprint density at radius 3 is 2.47 bits per heavy atom. The highest BCUT2D eigenvalue weighted by Gasteiger charge is 1.95. The van der Waals surface area contributed by atoms with Crippen molar-refractivity contribution in [1.82, 2.24) is 0 Å². The average Bonchev–Trinajstić information content (AvgIpc) is 2.39. The van der Waals surface area contributed by atoms with Gasteiger partial charge in [-0.3, -0.25) is 0 Å². The molecule has 0 spiro atoms. The highest BCUT2D eigenvalue weighted by atomic mass is 32.2. The fourth-order valence-electron chi connectivity index (χ4n) is 1.35. The summed E-state index contributed by atoms with van der Waals surface area (Å²) in [6, 6.07) is 8.59. The van der Waals surface area contributed by atoms with Crippen LogP contribution in [-0.4, -0.2) is 0 Å². The first-order valence-corrected chi connectivity index (χ1v) is 6.96. The van der Waals surface area contributed by atoms with E-state index in [2.05, 4.69) is 68.0 Å². The Kier molecular flexibility index (Phi) is 6.56. The first-order valence-electron chi connectivity index (χ1n) is 6.14. The Hall–Kier alpha value is -1.15. The molecule has 0 atom stereocenters. The number of anilines is 1. The lowest BCUT2D eigenvalue weighted by Gasteiger charge is -2.06. The zero-order valence-corrected chi connectivity index (χ0v) is 11.7. The lowest BCUT2D eigenvalue weighted by atomic mass is 10.2. The van der Waals surface area contributed by atoms with E-state index in [0.29, 0.717) is 0 Å². The molecular formula is C15H21NS. The van der Waals surface area contributed by atoms with Gasteiger partial charge in [0.05, 0.1) is 0 Å². The lowest BCUT2D eigenvalue weighted by Crippen LogP contribution is -1.87. The molecule has 0 aliphatic heterocycles. The third-order valence-corrected chi connectivity index (χ3v) is 3.40. The molecule has 0 aliphatic carbocycles. The molecule has 0 aliphatic rings. The lowest BCUT2D eigenvalue weighted by molar-refractivity contribution is 1.14. The van der Waals surface area contributed by atoms with Crippen LogP contribution >= 0.6 is 11.9 Å². The van der Waals surface area contributed by atoms with E-state index in [-0.39, 0.29) is 0 Å². The van der Waals surface area contributed by atoms with Crippen LogP contribution in [-0.2, 0) is 6.42 Å². The van der Waals surface area contributed by atoms with Crippen molar-refractivity contribution in [1.29, 1.82) is 0 Å². The predicted octanol–water partition coefficient (Wildman–Crippen LogP) is 5.18. The Morgan fingerprint density at radius 2 is 1.94 bits per heavy atom. The normalized spacial score (nSPS) is 12.1. The molecule has 0 aromatic heterocycles. The van der Waals surface area contributed by atoms with Crippen LogP contribution < -0.4 is 4.72 Å². The second-order valence-electron chi connectivity index (χ2n) is 3.76. The SMILES string of the molecule is C/C=C(\C=C/CC)SNc1ccc(CC)cc1. The molecule has 0 fully saturated rings.